The van der Waals surface area contributed by atoms with E-state index < -0.39 is 6.03 Å². The van der Waals surface area contributed by atoms with Gasteiger partial charge in [0.05, 0.1) is 12.7 Å². The fourth-order valence-corrected chi connectivity index (χ4v) is 4.26. The number of carbonyl (C=O) groups excluding carboxylic acids is 2. The average Bonchev–Trinajstić information content (AvgIpc) is 2.94. The Hall–Kier alpha value is -2.12. The number of aromatic nitrogens is 3. The highest BCUT2D eigenvalue weighted by molar-refractivity contribution is 5.76. The lowest BCUT2D eigenvalue weighted by Gasteiger charge is -2.32. The van der Waals surface area contributed by atoms with Gasteiger partial charge in [-0.2, -0.15) is 0 Å². The van der Waals surface area contributed by atoms with Crippen molar-refractivity contribution in [3.8, 4) is 0 Å². The fraction of sp³-hybridized carbons (Fsp3) is 0.789. The SMILES string of the molecule is NC(=O)NCc1cn(CC2CCN(C(=O)CC3CCCCCC3)CC2)nn1. The maximum absolute atomic E-state index is 12.6. The van der Waals surface area contributed by atoms with Crippen molar-refractivity contribution in [1.29, 1.82) is 0 Å². The van der Waals surface area contributed by atoms with Gasteiger partial charge in [0.25, 0.3) is 0 Å². The van der Waals surface area contributed by atoms with Gasteiger partial charge in [0.2, 0.25) is 5.91 Å². The van der Waals surface area contributed by atoms with E-state index in [4.69, 9.17) is 5.73 Å². The lowest BCUT2D eigenvalue weighted by atomic mass is 9.93. The molecule has 1 aromatic heterocycles. The van der Waals surface area contributed by atoms with Crippen molar-refractivity contribution in [2.24, 2.45) is 17.6 Å². The number of nitrogens with zero attached hydrogens (tertiary/aromatic N) is 4. The topological polar surface area (TPSA) is 106 Å². The quantitative estimate of drug-likeness (QED) is 0.741. The molecule has 0 spiro atoms. The first-order valence-corrected chi connectivity index (χ1v) is 10.3. The molecular weight excluding hydrogens is 344 g/mol. The van der Waals surface area contributed by atoms with Gasteiger partial charge in [-0.15, -0.1) is 5.10 Å². The zero-order valence-electron chi connectivity index (χ0n) is 16.1. The van der Waals surface area contributed by atoms with Crippen LogP contribution in [0, 0.1) is 11.8 Å². The minimum atomic E-state index is -0.564. The Bertz CT molecular complexity index is 615. The summed E-state index contributed by atoms with van der Waals surface area (Å²) in [5.74, 6) is 1.45. The van der Waals surface area contributed by atoms with Gasteiger partial charge >= 0.3 is 6.03 Å². The molecule has 2 aliphatic rings. The molecule has 8 nitrogen and oxygen atoms in total. The summed E-state index contributed by atoms with van der Waals surface area (Å²) in [5.41, 5.74) is 5.76. The third kappa shape index (κ3) is 6.22. The molecule has 2 heterocycles. The normalized spacial score (nSPS) is 19.6. The van der Waals surface area contributed by atoms with Gasteiger partial charge in [0, 0.05) is 26.1 Å². The van der Waals surface area contributed by atoms with Gasteiger partial charge in [0.1, 0.15) is 5.69 Å². The van der Waals surface area contributed by atoms with Crippen LogP contribution < -0.4 is 11.1 Å². The summed E-state index contributed by atoms with van der Waals surface area (Å²) < 4.78 is 1.83. The van der Waals surface area contributed by atoms with Crippen molar-refractivity contribution >= 4 is 11.9 Å². The molecule has 0 bridgehead atoms. The molecule has 3 rings (SSSR count). The summed E-state index contributed by atoms with van der Waals surface area (Å²) in [6, 6.07) is -0.564. The predicted molar refractivity (Wildman–Crippen MR) is 102 cm³/mol. The van der Waals surface area contributed by atoms with Gasteiger partial charge in [-0.25, -0.2) is 4.79 Å². The van der Waals surface area contributed by atoms with Crippen LogP contribution in [0.2, 0.25) is 0 Å². The summed E-state index contributed by atoms with van der Waals surface area (Å²) >= 11 is 0. The van der Waals surface area contributed by atoms with Gasteiger partial charge in [-0.05, 0) is 37.5 Å². The number of rotatable bonds is 6. The molecule has 0 aromatic carbocycles. The van der Waals surface area contributed by atoms with Crippen LogP contribution in [0.5, 0.6) is 0 Å². The largest absolute Gasteiger partial charge is 0.352 e. The maximum atomic E-state index is 12.6. The predicted octanol–water partition coefficient (Wildman–Crippen LogP) is 2.05. The number of nitrogens with one attached hydrogen (secondary N) is 1. The summed E-state index contributed by atoms with van der Waals surface area (Å²) in [6.45, 7) is 2.79. The molecule has 1 aliphatic heterocycles. The number of nitrogens with two attached hydrogens (primary N) is 1. The smallest absolute Gasteiger partial charge is 0.312 e. The summed E-state index contributed by atoms with van der Waals surface area (Å²) in [7, 11) is 0. The molecule has 0 atom stereocenters. The number of hydrogen-bond donors (Lipinski definition) is 2. The molecular formula is C19H32N6O2. The molecule has 2 fully saturated rings. The molecule has 0 unspecified atom stereocenters. The number of urea groups is 1. The van der Waals surface area contributed by atoms with Gasteiger partial charge in [-0.1, -0.05) is 30.9 Å². The van der Waals surface area contributed by atoms with E-state index in [1.165, 1.54) is 38.5 Å². The second-order valence-corrected chi connectivity index (χ2v) is 8.04. The number of primary amides is 1. The van der Waals surface area contributed by atoms with E-state index in [1.54, 1.807) is 0 Å². The van der Waals surface area contributed by atoms with Crippen LogP contribution in [0.25, 0.3) is 0 Å². The Morgan fingerprint density at radius 2 is 1.78 bits per heavy atom. The highest BCUT2D eigenvalue weighted by Gasteiger charge is 2.25. The van der Waals surface area contributed by atoms with Crippen LogP contribution in [0.1, 0.15) is 63.5 Å². The fourth-order valence-electron chi connectivity index (χ4n) is 4.26. The molecule has 1 saturated carbocycles. The molecule has 0 radical (unpaired) electrons. The Morgan fingerprint density at radius 3 is 2.44 bits per heavy atom. The van der Waals surface area contributed by atoms with Crippen molar-refractivity contribution in [3.05, 3.63) is 11.9 Å². The zero-order valence-corrected chi connectivity index (χ0v) is 16.1. The third-order valence-electron chi connectivity index (χ3n) is 5.88. The zero-order chi connectivity index (χ0) is 19.1. The lowest BCUT2D eigenvalue weighted by Crippen LogP contribution is -2.40. The summed E-state index contributed by atoms with van der Waals surface area (Å²) in [4.78, 5) is 25.4. The summed E-state index contributed by atoms with van der Waals surface area (Å²) in [5, 5.41) is 10.7. The van der Waals surface area contributed by atoms with Crippen LogP contribution >= 0.6 is 0 Å². The van der Waals surface area contributed by atoms with Crippen molar-refractivity contribution in [2.75, 3.05) is 13.1 Å². The van der Waals surface area contributed by atoms with Crippen molar-refractivity contribution < 1.29 is 9.59 Å². The Morgan fingerprint density at radius 1 is 1.07 bits per heavy atom. The van der Waals surface area contributed by atoms with E-state index in [-0.39, 0.29) is 0 Å². The summed E-state index contributed by atoms with van der Waals surface area (Å²) in [6.07, 6.45) is 12.3. The van der Waals surface area contributed by atoms with Crippen LogP contribution in [-0.2, 0) is 17.9 Å². The highest BCUT2D eigenvalue weighted by Crippen LogP contribution is 2.27. The van der Waals surface area contributed by atoms with E-state index in [2.05, 4.69) is 20.5 Å². The van der Waals surface area contributed by atoms with Crippen molar-refractivity contribution in [2.45, 2.75) is 70.9 Å². The van der Waals surface area contributed by atoms with E-state index in [9.17, 15) is 9.59 Å². The minimum absolute atomic E-state index is 0.295. The van der Waals surface area contributed by atoms with Gasteiger partial charge in [-0.3, -0.25) is 9.48 Å². The molecule has 1 aromatic rings. The second-order valence-electron chi connectivity index (χ2n) is 8.04. The van der Waals surface area contributed by atoms with E-state index >= 15 is 0 Å². The van der Waals surface area contributed by atoms with Gasteiger partial charge < -0.3 is 16.0 Å². The molecule has 150 valence electrons. The standard InChI is InChI=1S/C19H32N6O2/c20-19(27)21-12-17-14-25(23-22-17)13-16-7-9-24(10-8-16)18(26)11-15-5-3-1-2-4-6-15/h14-16H,1-13H2,(H3,20,21,27). The Labute approximate surface area is 160 Å². The number of amides is 3. The van der Waals surface area contributed by atoms with E-state index in [0.717, 1.165) is 38.9 Å². The first-order chi connectivity index (χ1) is 13.1. The third-order valence-corrected chi connectivity index (χ3v) is 5.88. The van der Waals surface area contributed by atoms with Gasteiger partial charge in [0.15, 0.2) is 0 Å². The Kier molecular flexibility index (Phi) is 7.06. The molecule has 8 heteroatoms. The van der Waals surface area contributed by atoms with E-state index in [0.29, 0.717) is 30.0 Å². The highest BCUT2D eigenvalue weighted by atomic mass is 16.2. The minimum Gasteiger partial charge on any atom is -0.352 e. The molecule has 3 N–H and O–H groups in total. The number of hydrogen-bond acceptors (Lipinski definition) is 4. The molecule has 1 saturated heterocycles. The number of likely N-dealkylation sites (tertiary alicyclic amines) is 1. The van der Waals surface area contributed by atoms with Crippen LogP contribution in [0.4, 0.5) is 4.79 Å². The Balaban J connectivity index is 1.39. The van der Waals surface area contributed by atoms with Crippen LogP contribution in [0.3, 0.4) is 0 Å². The number of carbonyl (C=O) groups is 2. The first kappa shape index (κ1) is 19.6. The molecule has 27 heavy (non-hydrogen) atoms. The molecule has 3 amide bonds. The molecule has 1 aliphatic carbocycles. The lowest BCUT2D eigenvalue weighted by molar-refractivity contribution is -0.133. The van der Waals surface area contributed by atoms with Crippen LogP contribution in [0.15, 0.2) is 6.20 Å². The maximum Gasteiger partial charge on any atom is 0.312 e. The number of piperidine rings is 1. The first-order valence-electron chi connectivity index (χ1n) is 10.3. The van der Waals surface area contributed by atoms with Crippen LogP contribution in [-0.4, -0.2) is 44.9 Å². The second kappa shape index (κ2) is 9.71. The van der Waals surface area contributed by atoms with Crippen molar-refractivity contribution in [3.63, 3.8) is 0 Å². The monoisotopic (exact) mass is 376 g/mol. The van der Waals surface area contributed by atoms with E-state index in [1.807, 2.05) is 10.9 Å². The average molecular weight is 377 g/mol. The van der Waals surface area contributed by atoms with Crippen molar-refractivity contribution in [1.82, 2.24) is 25.2 Å².